The maximum Gasteiger partial charge on any atom is 0.225 e. The molecule has 2 saturated carbocycles. The summed E-state index contributed by atoms with van der Waals surface area (Å²) >= 11 is 1.52. The molecule has 3 aromatic heterocycles. The highest BCUT2D eigenvalue weighted by Crippen LogP contribution is 2.39. The molecule has 2 aliphatic carbocycles. The minimum absolute atomic E-state index is 0. The number of anilines is 2. The summed E-state index contributed by atoms with van der Waals surface area (Å²) in [5, 5.41) is 31.6. The third kappa shape index (κ3) is 5.24. The molecule has 5 N–H and O–H groups in total. The molecular weight excluding hydrogens is 502 g/mol. The van der Waals surface area contributed by atoms with Gasteiger partial charge in [0.15, 0.2) is 0 Å². The van der Waals surface area contributed by atoms with E-state index in [2.05, 4.69) is 27.9 Å². The molecule has 1 amide bonds. The van der Waals surface area contributed by atoms with Crippen molar-refractivity contribution in [2.75, 3.05) is 17.2 Å². The molecule has 10 nitrogen and oxygen atoms in total. The predicted molar refractivity (Wildman–Crippen MR) is 142 cm³/mol. The van der Waals surface area contributed by atoms with Crippen LogP contribution >= 0.6 is 23.7 Å². The predicted octanol–water partition coefficient (Wildman–Crippen LogP) is 2.75. The van der Waals surface area contributed by atoms with E-state index in [4.69, 9.17) is 15.0 Å². The van der Waals surface area contributed by atoms with E-state index in [0.717, 1.165) is 26.5 Å². The van der Waals surface area contributed by atoms with E-state index in [0.29, 0.717) is 24.2 Å². The number of aliphatic hydroxyl groups excluding tert-OH is 2. The normalized spacial score (nSPS) is 24.2. The lowest BCUT2D eigenvalue weighted by Crippen LogP contribution is -2.39. The van der Waals surface area contributed by atoms with Crippen molar-refractivity contribution in [3.8, 4) is 10.6 Å². The van der Waals surface area contributed by atoms with E-state index in [1.165, 1.54) is 24.2 Å². The molecule has 36 heavy (non-hydrogen) atoms. The van der Waals surface area contributed by atoms with Crippen molar-refractivity contribution in [2.45, 2.75) is 64.3 Å². The Bertz CT molecular complexity index is 1200. The molecule has 2 fully saturated rings. The number of thiazole rings is 1. The lowest BCUT2D eigenvalue weighted by Gasteiger charge is -2.22. The van der Waals surface area contributed by atoms with Gasteiger partial charge in [-0.05, 0) is 52.0 Å². The van der Waals surface area contributed by atoms with Gasteiger partial charge in [0.2, 0.25) is 11.9 Å². The molecule has 2 aliphatic rings. The Morgan fingerprint density at radius 1 is 1.22 bits per heavy atom. The Balaban J connectivity index is 0.00000304. The van der Waals surface area contributed by atoms with E-state index in [1.54, 1.807) is 12.4 Å². The van der Waals surface area contributed by atoms with Crippen molar-refractivity contribution in [3.05, 3.63) is 24.2 Å². The highest BCUT2D eigenvalue weighted by atomic mass is 35.5. The number of carbonyl (C=O) groups excluding carboxylic acids is 1. The van der Waals surface area contributed by atoms with Crippen LogP contribution in [0.3, 0.4) is 0 Å². The van der Waals surface area contributed by atoms with E-state index in [1.807, 2.05) is 19.9 Å². The number of hydrogen-bond donors (Lipinski definition) is 5. The molecular formula is C24H32ClN7O3S. The molecule has 0 spiro atoms. The maximum atomic E-state index is 12.4. The third-order valence-electron chi connectivity index (χ3n) is 6.87. The molecule has 5 atom stereocenters. The number of carbonyl (C=O) groups is 1. The number of pyridine rings is 1. The van der Waals surface area contributed by atoms with Crippen LogP contribution in [0.1, 0.15) is 38.8 Å². The molecule has 0 saturated heterocycles. The van der Waals surface area contributed by atoms with Gasteiger partial charge in [-0.15, -0.1) is 23.7 Å². The highest BCUT2D eigenvalue weighted by molar-refractivity contribution is 7.21. The van der Waals surface area contributed by atoms with Crippen molar-refractivity contribution >= 4 is 51.6 Å². The van der Waals surface area contributed by atoms with Crippen molar-refractivity contribution in [3.63, 3.8) is 0 Å². The molecule has 3 heterocycles. The second kappa shape index (κ2) is 10.8. The van der Waals surface area contributed by atoms with E-state index >= 15 is 0 Å². The number of rotatable bonds is 8. The van der Waals surface area contributed by atoms with Gasteiger partial charge in [0, 0.05) is 18.8 Å². The molecule has 0 unspecified atom stereocenters. The number of nitrogens with one attached hydrogen (secondary N) is 3. The third-order valence-corrected chi connectivity index (χ3v) is 7.93. The van der Waals surface area contributed by atoms with Crippen molar-refractivity contribution in [2.24, 2.45) is 11.8 Å². The van der Waals surface area contributed by atoms with Crippen LogP contribution in [0.4, 0.5) is 11.8 Å². The summed E-state index contributed by atoms with van der Waals surface area (Å²) in [5.74, 6) is 0.681. The summed E-state index contributed by atoms with van der Waals surface area (Å²) in [6, 6.07) is 1.61. The summed E-state index contributed by atoms with van der Waals surface area (Å²) in [6.07, 6.45) is 3.85. The van der Waals surface area contributed by atoms with Crippen LogP contribution in [0.15, 0.2) is 18.5 Å². The molecule has 12 heteroatoms. The van der Waals surface area contributed by atoms with Crippen LogP contribution in [-0.2, 0) is 4.79 Å². The van der Waals surface area contributed by atoms with Gasteiger partial charge < -0.3 is 26.2 Å². The SMILES string of the molecule is CCNC(=O)[C@H]1C[C@@H](Nc2nc(N[C@H](C)C3CC3)nc(C)c2-c2nc3cnccc3s2)[C@H](O)[C@@H]1O.Cl. The molecule has 0 aliphatic heterocycles. The fourth-order valence-corrected chi connectivity index (χ4v) is 5.75. The van der Waals surface area contributed by atoms with Gasteiger partial charge in [-0.2, -0.15) is 4.98 Å². The number of nitrogens with zero attached hydrogens (tertiary/aromatic N) is 4. The largest absolute Gasteiger partial charge is 0.390 e. The number of halogens is 1. The van der Waals surface area contributed by atoms with Crippen LogP contribution < -0.4 is 16.0 Å². The van der Waals surface area contributed by atoms with Gasteiger partial charge >= 0.3 is 0 Å². The second-order valence-corrected chi connectivity index (χ2v) is 10.5. The zero-order chi connectivity index (χ0) is 24.7. The Morgan fingerprint density at radius 3 is 2.69 bits per heavy atom. The first-order chi connectivity index (χ1) is 16.9. The quantitative estimate of drug-likeness (QED) is 0.295. The summed E-state index contributed by atoms with van der Waals surface area (Å²) in [6.45, 7) is 6.33. The van der Waals surface area contributed by atoms with Gasteiger partial charge in [0.05, 0.1) is 40.2 Å². The minimum atomic E-state index is -1.16. The number of hydrogen-bond acceptors (Lipinski definition) is 10. The topological polar surface area (TPSA) is 145 Å². The second-order valence-electron chi connectivity index (χ2n) is 9.46. The molecule has 0 radical (unpaired) electrons. The summed E-state index contributed by atoms with van der Waals surface area (Å²) < 4.78 is 0.998. The highest BCUT2D eigenvalue weighted by Gasteiger charge is 2.45. The Hall–Kier alpha value is -2.60. The fraction of sp³-hybridized carbons (Fsp3) is 0.542. The van der Waals surface area contributed by atoms with E-state index < -0.39 is 24.2 Å². The lowest BCUT2D eigenvalue weighted by atomic mass is 10.0. The van der Waals surface area contributed by atoms with Crippen LogP contribution in [-0.4, -0.2) is 66.9 Å². The first kappa shape index (κ1) is 26.5. The van der Waals surface area contributed by atoms with E-state index in [-0.39, 0.29) is 30.8 Å². The fourth-order valence-electron chi connectivity index (χ4n) is 4.72. The Labute approximate surface area is 219 Å². The lowest BCUT2D eigenvalue weighted by molar-refractivity contribution is -0.128. The molecule has 0 bridgehead atoms. The number of fused-ring (bicyclic) bond motifs is 1. The van der Waals surface area contributed by atoms with Gasteiger partial charge in [0.1, 0.15) is 22.4 Å². The van der Waals surface area contributed by atoms with Gasteiger partial charge in [0.25, 0.3) is 0 Å². The van der Waals surface area contributed by atoms with Crippen molar-refractivity contribution in [1.82, 2.24) is 25.3 Å². The summed E-state index contributed by atoms with van der Waals surface area (Å²) in [7, 11) is 0. The van der Waals surface area contributed by atoms with Crippen LogP contribution in [0.25, 0.3) is 20.8 Å². The first-order valence-electron chi connectivity index (χ1n) is 12.1. The monoisotopic (exact) mass is 533 g/mol. The first-order valence-corrected chi connectivity index (χ1v) is 12.9. The Morgan fingerprint density at radius 2 is 2.00 bits per heavy atom. The van der Waals surface area contributed by atoms with Crippen LogP contribution in [0.2, 0.25) is 0 Å². The van der Waals surface area contributed by atoms with Crippen LogP contribution in [0, 0.1) is 18.8 Å². The zero-order valence-corrected chi connectivity index (χ0v) is 22.1. The number of amides is 1. The van der Waals surface area contributed by atoms with Crippen LogP contribution in [0.5, 0.6) is 0 Å². The van der Waals surface area contributed by atoms with Crippen molar-refractivity contribution in [1.29, 1.82) is 0 Å². The van der Waals surface area contributed by atoms with E-state index in [9.17, 15) is 15.0 Å². The van der Waals surface area contributed by atoms with Gasteiger partial charge in [-0.1, -0.05) is 0 Å². The summed E-state index contributed by atoms with van der Waals surface area (Å²) in [4.78, 5) is 30.8. The van der Waals surface area contributed by atoms with Crippen molar-refractivity contribution < 1.29 is 15.0 Å². The number of aliphatic hydroxyl groups is 2. The molecule has 5 rings (SSSR count). The standard InChI is InChI=1S/C24H31N7O3S.ClH/c1-4-26-22(34)14-9-15(20(33)19(14)32)29-21-18(23-30-16-10-25-8-7-17(16)35-23)12(3)28-24(31-21)27-11(2)13-5-6-13;/h7-8,10-11,13-15,19-20,32-33H,4-6,9H2,1-3H3,(H,26,34)(H2,27,28,29,31);1H/t11-,14+,15-,19-,20+;/m1./s1. The smallest absolute Gasteiger partial charge is 0.225 e. The molecule has 0 aromatic carbocycles. The number of aryl methyl sites for hydroxylation is 1. The average molecular weight is 534 g/mol. The van der Waals surface area contributed by atoms with Gasteiger partial charge in [-0.25, -0.2) is 9.97 Å². The van der Waals surface area contributed by atoms with Gasteiger partial charge in [-0.3, -0.25) is 9.78 Å². The maximum absolute atomic E-state index is 12.4. The number of aromatic nitrogens is 4. The Kier molecular flexibility index (Phi) is 7.93. The molecule has 3 aromatic rings. The average Bonchev–Trinajstić information content (AvgIpc) is 3.54. The molecule has 194 valence electrons. The minimum Gasteiger partial charge on any atom is -0.390 e. The zero-order valence-electron chi connectivity index (χ0n) is 20.4. The summed E-state index contributed by atoms with van der Waals surface area (Å²) in [5.41, 5.74) is 2.27.